The van der Waals surface area contributed by atoms with E-state index in [1.165, 1.54) is 12.8 Å². The second kappa shape index (κ2) is 8.19. The largest absolute Gasteiger partial charge is 0.493 e. The molecule has 3 heterocycles. The van der Waals surface area contributed by atoms with Gasteiger partial charge in [0.25, 0.3) is 5.91 Å². The number of nitrogens with zero attached hydrogens (tertiary/aromatic N) is 2. The molecule has 2 bridgehead atoms. The Labute approximate surface area is 165 Å². The molecule has 6 heteroatoms. The van der Waals surface area contributed by atoms with Gasteiger partial charge in [0, 0.05) is 30.9 Å². The molecule has 2 aromatic rings. The van der Waals surface area contributed by atoms with Crippen LogP contribution >= 0.6 is 0 Å². The second-order valence-electron chi connectivity index (χ2n) is 7.56. The van der Waals surface area contributed by atoms with Gasteiger partial charge in [-0.2, -0.15) is 0 Å². The minimum Gasteiger partial charge on any atom is -0.493 e. The van der Waals surface area contributed by atoms with Crippen molar-refractivity contribution < 1.29 is 14.3 Å². The van der Waals surface area contributed by atoms with Crippen LogP contribution in [0.2, 0.25) is 0 Å². The monoisotopic (exact) mass is 381 g/mol. The van der Waals surface area contributed by atoms with E-state index < -0.39 is 0 Å². The molecule has 28 heavy (non-hydrogen) atoms. The first-order valence-corrected chi connectivity index (χ1v) is 9.87. The van der Waals surface area contributed by atoms with Crippen LogP contribution in [0.5, 0.6) is 11.5 Å². The second-order valence-corrected chi connectivity index (χ2v) is 7.56. The molecule has 148 valence electrons. The first kappa shape index (κ1) is 18.7. The molecule has 2 saturated heterocycles. The number of carbonyl (C=O) groups excluding carboxylic acids is 1. The molecule has 2 aliphatic rings. The Kier molecular flexibility index (Phi) is 5.48. The fraction of sp³-hybridized carbons (Fsp3) is 0.455. The Morgan fingerprint density at radius 3 is 2.54 bits per heavy atom. The Morgan fingerprint density at radius 1 is 1.11 bits per heavy atom. The number of pyridine rings is 1. The number of para-hydroxylation sites is 1. The summed E-state index contributed by atoms with van der Waals surface area (Å²) in [6, 6.07) is 12.6. The summed E-state index contributed by atoms with van der Waals surface area (Å²) in [7, 11) is 3.14. The zero-order valence-electron chi connectivity index (χ0n) is 16.4. The lowest BCUT2D eigenvalue weighted by atomic mass is 9.96. The predicted octanol–water partition coefficient (Wildman–Crippen LogP) is 3.02. The number of methoxy groups -OCH3 is 2. The topological polar surface area (TPSA) is 63.7 Å². The van der Waals surface area contributed by atoms with Crippen molar-refractivity contribution in [2.75, 3.05) is 14.2 Å². The lowest BCUT2D eigenvalue weighted by molar-refractivity contribution is 0.0821. The molecule has 0 saturated carbocycles. The van der Waals surface area contributed by atoms with Gasteiger partial charge in [0.2, 0.25) is 0 Å². The SMILES string of the molecule is COc1cccc(C(=O)NC2C[C@H]3CC[C@@H](C2)N3Cc2ccccn2)c1OC. The number of benzene rings is 1. The summed E-state index contributed by atoms with van der Waals surface area (Å²) in [6.07, 6.45) is 6.17. The summed E-state index contributed by atoms with van der Waals surface area (Å²) in [6.45, 7) is 0.889. The first-order valence-electron chi connectivity index (χ1n) is 9.87. The Bertz CT molecular complexity index is 813. The van der Waals surface area contributed by atoms with E-state index >= 15 is 0 Å². The molecule has 1 aromatic carbocycles. The number of hydrogen-bond donors (Lipinski definition) is 1. The van der Waals surface area contributed by atoms with E-state index in [1.54, 1.807) is 26.4 Å². The number of fused-ring (bicyclic) bond motifs is 2. The van der Waals surface area contributed by atoms with Crippen molar-refractivity contribution in [2.45, 2.75) is 50.4 Å². The molecule has 0 aliphatic carbocycles. The average molecular weight is 381 g/mol. The minimum atomic E-state index is -0.0988. The van der Waals surface area contributed by atoms with Gasteiger partial charge in [-0.05, 0) is 49.9 Å². The third-order valence-electron chi connectivity index (χ3n) is 5.94. The average Bonchev–Trinajstić information content (AvgIpc) is 2.96. The smallest absolute Gasteiger partial charge is 0.255 e. The highest BCUT2D eigenvalue weighted by molar-refractivity contribution is 5.98. The number of piperidine rings is 1. The van der Waals surface area contributed by atoms with E-state index in [-0.39, 0.29) is 11.9 Å². The summed E-state index contributed by atoms with van der Waals surface area (Å²) in [4.78, 5) is 19.9. The highest BCUT2D eigenvalue weighted by atomic mass is 16.5. The van der Waals surface area contributed by atoms with Crippen LogP contribution in [0.1, 0.15) is 41.7 Å². The minimum absolute atomic E-state index is 0.0988. The standard InChI is InChI=1S/C22H27N3O3/c1-27-20-8-5-7-19(21(20)28-2)22(26)24-16-12-17-9-10-18(13-16)25(17)14-15-6-3-4-11-23-15/h3-8,11,16-18H,9-10,12-14H2,1-2H3,(H,24,26)/t16?,17-,18+. The van der Waals surface area contributed by atoms with E-state index in [9.17, 15) is 4.79 Å². The highest BCUT2D eigenvalue weighted by Gasteiger charge is 2.41. The van der Waals surface area contributed by atoms with Crippen molar-refractivity contribution in [3.8, 4) is 11.5 Å². The van der Waals surface area contributed by atoms with E-state index in [2.05, 4.69) is 21.3 Å². The molecule has 2 aliphatic heterocycles. The van der Waals surface area contributed by atoms with Gasteiger partial charge < -0.3 is 14.8 Å². The lowest BCUT2D eigenvalue weighted by Gasteiger charge is -2.39. The van der Waals surface area contributed by atoms with Crippen molar-refractivity contribution in [2.24, 2.45) is 0 Å². The fourth-order valence-electron chi connectivity index (χ4n) is 4.66. The lowest BCUT2D eigenvalue weighted by Crippen LogP contribution is -2.50. The number of hydrogen-bond acceptors (Lipinski definition) is 5. The molecule has 1 unspecified atom stereocenters. The Hall–Kier alpha value is -2.60. The van der Waals surface area contributed by atoms with E-state index in [1.807, 2.05) is 24.4 Å². The van der Waals surface area contributed by atoms with Crippen LogP contribution in [0, 0.1) is 0 Å². The van der Waals surface area contributed by atoms with Crippen molar-refractivity contribution in [3.63, 3.8) is 0 Å². The Balaban J connectivity index is 1.42. The van der Waals surface area contributed by atoms with Gasteiger partial charge in [-0.25, -0.2) is 0 Å². The highest BCUT2D eigenvalue weighted by Crippen LogP contribution is 2.37. The van der Waals surface area contributed by atoms with Gasteiger partial charge >= 0.3 is 0 Å². The van der Waals surface area contributed by atoms with Crippen LogP contribution in [-0.4, -0.2) is 48.1 Å². The molecule has 2 fully saturated rings. The quantitative estimate of drug-likeness (QED) is 0.833. The zero-order valence-corrected chi connectivity index (χ0v) is 16.4. The van der Waals surface area contributed by atoms with Crippen LogP contribution in [0.4, 0.5) is 0 Å². The normalized spacial score (nSPS) is 24.0. The molecule has 6 nitrogen and oxygen atoms in total. The van der Waals surface area contributed by atoms with Gasteiger partial charge in [-0.1, -0.05) is 12.1 Å². The van der Waals surface area contributed by atoms with Crippen molar-refractivity contribution in [3.05, 3.63) is 53.9 Å². The molecule has 0 spiro atoms. The molecular weight excluding hydrogens is 354 g/mol. The summed E-state index contributed by atoms with van der Waals surface area (Å²) in [5, 5.41) is 3.23. The number of rotatable bonds is 6. The van der Waals surface area contributed by atoms with E-state index in [0.717, 1.165) is 25.1 Å². The van der Waals surface area contributed by atoms with Gasteiger partial charge in [-0.3, -0.25) is 14.7 Å². The van der Waals surface area contributed by atoms with Gasteiger partial charge in [0.05, 0.1) is 25.5 Å². The van der Waals surface area contributed by atoms with Crippen LogP contribution in [0.25, 0.3) is 0 Å². The number of amides is 1. The molecule has 1 aromatic heterocycles. The molecule has 0 radical (unpaired) electrons. The Morgan fingerprint density at radius 2 is 1.89 bits per heavy atom. The number of carbonyl (C=O) groups is 1. The molecular formula is C22H27N3O3. The number of aromatic nitrogens is 1. The third-order valence-corrected chi connectivity index (χ3v) is 5.94. The van der Waals surface area contributed by atoms with E-state index in [4.69, 9.17) is 9.47 Å². The van der Waals surface area contributed by atoms with Gasteiger partial charge in [0.15, 0.2) is 11.5 Å². The van der Waals surface area contributed by atoms with E-state index in [0.29, 0.717) is 29.1 Å². The molecule has 1 amide bonds. The maximum atomic E-state index is 12.9. The maximum Gasteiger partial charge on any atom is 0.255 e. The molecule has 3 atom stereocenters. The molecule has 1 N–H and O–H groups in total. The summed E-state index contributed by atoms with van der Waals surface area (Å²) in [5.41, 5.74) is 1.63. The zero-order chi connectivity index (χ0) is 19.5. The van der Waals surface area contributed by atoms with Crippen LogP contribution in [0.3, 0.4) is 0 Å². The number of nitrogens with one attached hydrogen (secondary N) is 1. The first-order chi connectivity index (χ1) is 13.7. The van der Waals surface area contributed by atoms with Crippen molar-refractivity contribution >= 4 is 5.91 Å². The van der Waals surface area contributed by atoms with Crippen LogP contribution in [-0.2, 0) is 6.54 Å². The fourth-order valence-corrected chi connectivity index (χ4v) is 4.66. The van der Waals surface area contributed by atoms with Crippen molar-refractivity contribution in [1.29, 1.82) is 0 Å². The summed E-state index contributed by atoms with van der Waals surface area (Å²) in [5.74, 6) is 0.955. The third kappa shape index (κ3) is 3.69. The van der Waals surface area contributed by atoms with Crippen LogP contribution in [0.15, 0.2) is 42.6 Å². The number of ether oxygens (including phenoxy) is 2. The maximum absolute atomic E-state index is 12.9. The summed E-state index contributed by atoms with van der Waals surface area (Å²) >= 11 is 0. The molecule has 4 rings (SSSR count). The van der Waals surface area contributed by atoms with Gasteiger partial charge in [-0.15, -0.1) is 0 Å². The summed E-state index contributed by atoms with van der Waals surface area (Å²) < 4.78 is 10.7. The predicted molar refractivity (Wildman–Crippen MR) is 107 cm³/mol. The van der Waals surface area contributed by atoms with Crippen molar-refractivity contribution in [1.82, 2.24) is 15.2 Å². The van der Waals surface area contributed by atoms with Crippen LogP contribution < -0.4 is 14.8 Å². The van der Waals surface area contributed by atoms with Gasteiger partial charge in [0.1, 0.15) is 0 Å².